The summed E-state index contributed by atoms with van der Waals surface area (Å²) >= 11 is 0. The Labute approximate surface area is 164 Å². The van der Waals surface area contributed by atoms with Gasteiger partial charge in [0, 0.05) is 5.56 Å². The summed E-state index contributed by atoms with van der Waals surface area (Å²) in [7, 11) is 0. The lowest BCUT2D eigenvalue weighted by Crippen LogP contribution is -2.10. The van der Waals surface area contributed by atoms with E-state index in [1.165, 1.54) is 0 Å². The molecule has 0 saturated carbocycles. The number of hydrogen-bond donors (Lipinski definition) is 0. The number of carbonyl (C=O) groups is 1. The Morgan fingerprint density at radius 2 is 1.68 bits per heavy atom. The molecule has 0 aliphatic heterocycles. The first kappa shape index (κ1) is 19.8. The maximum absolute atomic E-state index is 12.4. The van der Waals surface area contributed by atoms with E-state index in [1.54, 1.807) is 19.1 Å². The molecule has 146 valence electrons. The predicted octanol–water partition coefficient (Wildman–Crippen LogP) is 4.89. The number of hydrogen-bond acceptors (Lipinski definition) is 6. The largest absolute Gasteiger partial charge is 0.449 e. The zero-order chi connectivity index (χ0) is 20.1. The van der Waals surface area contributed by atoms with Gasteiger partial charge in [-0.15, -0.1) is 10.2 Å². The number of aromatic nitrogens is 2. The summed E-state index contributed by atoms with van der Waals surface area (Å²) in [4.78, 5) is 12.4. The summed E-state index contributed by atoms with van der Waals surface area (Å²) in [5.41, 5.74) is 3.42. The SMILES string of the molecule is Cc1ccc(-c2nnc([C@H](C)OC(=O)c3ccc(COC(C)C)cc3)o2)cc1. The molecule has 1 aromatic heterocycles. The monoisotopic (exact) mass is 380 g/mol. The highest BCUT2D eigenvalue weighted by Crippen LogP contribution is 2.23. The van der Waals surface area contributed by atoms with E-state index in [2.05, 4.69) is 10.2 Å². The van der Waals surface area contributed by atoms with Crippen LogP contribution in [0, 0.1) is 6.92 Å². The van der Waals surface area contributed by atoms with E-state index in [0.29, 0.717) is 18.1 Å². The number of carbonyl (C=O) groups excluding carboxylic acids is 1. The molecule has 0 unspecified atom stereocenters. The minimum Gasteiger partial charge on any atom is -0.449 e. The average Bonchev–Trinajstić information content (AvgIpc) is 3.17. The van der Waals surface area contributed by atoms with Crippen molar-refractivity contribution in [3.63, 3.8) is 0 Å². The van der Waals surface area contributed by atoms with E-state index >= 15 is 0 Å². The molecular formula is C22H24N2O4. The third kappa shape index (κ3) is 5.04. The van der Waals surface area contributed by atoms with E-state index in [-0.39, 0.29) is 12.0 Å². The maximum atomic E-state index is 12.4. The molecule has 0 radical (unpaired) electrons. The summed E-state index contributed by atoms with van der Waals surface area (Å²) in [5.74, 6) is 0.206. The third-order valence-electron chi connectivity index (χ3n) is 4.14. The molecule has 0 aliphatic rings. The zero-order valence-electron chi connectivity index (χ0n) is 16.5. The molecule has 0 aliphatic carbocycles. The van der Waals surface area contributed by atoms with Gasteiger partial charge in [-0.3, -0.25) is 0 Å². The van der Waals surface area contributed by atoms with Crippen molar-refractivity contribution in [3.8, 4) is 11.5 Å². The van der Waals surface area contributed by atoms with Gasteiger partial charge >= 0.3 is 5.97 Å². The lowest BCUT2D eigenvalue weighted by Gasteiger charge is -2.10. The first-order valence-electron chi connectivity index (χ1n) is 9.24. The number of esters is 1. The van der Waals surface area contributed by atoms with Crippen LogP contribution in [0.1, 0.15) is 54.3 Å². The molecule has 0 amide bonds. The highest BCUT2D eigenvalue weighted by molar-refractivity contribution is 5.89. The molecular weight excluding hydrogens is 356 g/mol. The average molecular weight is 380 g/mol. The highest BCUT2D eigenvalue weighted by Gasteiger charge is 2.20. The van der Waals surface area contributed by atoms with Gasteiger partial charge in [-0.1, -0.05) is 29.8 Å². The fourth-order valence-corrected chi connectivity index (χ4v) is 2.49. The Balaban J connectivity index is 1.62. The van der Waals surface area contributed by atoms with Crippen LogP contribution in [0.5, 0.6) is 0 Å². The van der Waals surface area contributed by atoms with Gasteiger partial charge < -0.3 is 13.9 Å². The lowest BCUT2D eigenvalue weighted by molar-refractivity contribution is 0.0279. The molecule has 1 heterocycles. The second-order valence-corrected chi connectivity index (χ2v) is 6.92. The summed E-state index contributed by atoms with van der Waals surface area (Å²) in [6.07, 6.45) is -0.493. The Bertz CT molecular complexity index is 914. The Hall–Kier alpha value is -2.99. The van der Waals surface area contributed by atoms with Gasteiger partial charge in [-0.2, -0.15) is 0 Å². The van der Waals surface area contributed by atoms with Gasteiger partial charge in [0.15, 0.2) is 6.10 Å². The van der Waals surface area contributed by atoms with Crippen LogP contribution in [0.4, 0.5) is 0 Å². The minimum absolute atomic E-state index is 0.157. The Morgan fingerprint density at radius 3 is 2.32 bits per heavy atom. The number of rotatable bonds is 7. The molecule has 0 saturated heterocycles. The number of aryl methyl sites for hydroxylation is 1. The number of ether oxygens (including phenoxy) is 2. The van der Waals surface area contributed by atoms with Crippen LogP contribution in [0.3, 0.4) is 0 Å². The first-order valence-corrected chi connectivity index (χ1v) is 9.24. The van der Waals surface area contributed by atoms with Crippen LogP contribution in [0.15, 0.2) is 52.9 Å². The molecule has 0 fully saturated rings. The minimum atomic E-state index is -0.650. The van der Waals surface area contributed by atoms with Crippen molar-refractivity contribution in [3.05, 3.63) is 71.1 Å². The van der Waals surface area contributed by atoms with Gasteiger partial charge in [-0.05, 0) is 57.5 Å². The van der Waals surface area contributed by atoms with Gasteiger partial charge in [-0.25, -0.2) is 4.79 Å². The molecule has 3 rings (SSSR count). The molecule has 0 bridgehead atoms. The Morgan fingerprint density at radius 1 is 1.00 bits per heavy atom. The normalized spacial score (nSPS) is 12.2. The molecule has 0 N–H and O–H groups in total. The van der Waals surface area contributed by atoms with Gasteiger partial charge in [0.05, 0.1) is 18.3 Å². The molecule has 3 aromatic rings. The summed E-state index contributed by atoms with van der Waals surface area (Å²) in [5, 5.41) is 8.05. The van der Waals surface area contributed by atoms with Crippen molar-refractivity contribution < 1.29 is 18.7 Å². The van der Waals surface area contributed by atoms with Crippen molar-refractivity contribution in [2.75, 3.05) is 0 Å². The van der Waals surface area contributed by atoms with Crippen molar-refractivity contribution in [1.29, 1.82) is 0 Å². The lowest BCUT2D eigenvalue weighted by atomic mass is 10.1. The molecule has 6 nitrogen and oxygen atoms in total. The van der Waals surface area contributed by atoms with Crippen LogP contribution >= 0.6 is 0 Å². The van der Waals surface area contributed by atoms with Gasteiger partial charge in [0.2, 0.25) is 5.89 Å². The standard InChI is InChI=1S/C22H24N2O4/c1-14(2)26-13-17-7-11-19(12-8-17)22(25)27-16(4)20-23-24-21(28-20)18-9-5-15(3)6-10-18/h5-12,14,16H,13H2,1-4H3/t16-/m0/s1. The van der Waals surface area contributed by atoms with Crippen LogP contribution < -0.4 is 0 Å². The smallest absolute Gasteiger partial charge is 0.338 e. The van der Waals surface area contributed by atoms with Crippen LogP contribution in [-0.2, 0) is 16.1 Å². The van der Waals surface area contributed by atoms with E-state index in [0.717, 1.165) is 16.7 Å². The summed E-state index contributed by atoms with van der Waals surface area (Å²) in [6.45, 7) is 8.18. The topological polar surface area (TPSA) is 74.5 Å². The van der Waals surface area contributed by atoms with E-state index in [9.17, 15) is 4.79 Å². The molecule has 1 atom stereocenters. The van der Waals surface area contributed by atoms with Crippen molar-refractivity contribution >= 4 is 5.97 Å². The molecule has 28 heavy (non-hydrogen) atoms. The van der Waals surface area contributed by atoms with Crippen LogP contribution in [0.25, 0.3) is 11.5 Å². The summed E-state index contributed by atoms with van der Waals surface area (Å²) < 4.78 is 16.7. The summed E-state index contributed by atoms with van der Waals surface area (Å²) in [6, 6.07) is 14.9. The quantitative estimate of drug-likeness (QED) is 0.543. The highest BCUT2D eigenvalue weighted by atomic mass is 16.6. The molecule has 2 aromatic carbocycles. The van der Waals surface area contributed by atoms with Crippen molar-refractivity contribution in [1.82, 2.24) is 10.2 Å². The van der Waals surface area contributed by atoms with Crippen LogP contribution in [-0.4, -0.2) is 22.3 Å². The van der Waals surface area contributed by atoms with Gasteiger partial charge in [0.1, 0.15) is 0 Å². The Kier molecular flexibility index (Phi) is 6.21. The number of benzene rings is 2. The predicted molar refractivity (Wildman–Crippen MR) is 105 cm³/mol. The first-order chi connectivity index (χ1) is 13.4. The van der Waals surface area contributed by atoms with Crippen molar-refractivity contribution in [2.24, 2.45) is 0 Å². The van der Waals surface area contributed by atoms with Crippen molar-refractivity contribution in [2.45, 2.75) is 46.5 Å². The molecule has 0 spiro atoms. The van der Waals surface area contributed by atoms with E-state index in [1.807, 2.05) is 57.2 Å². The van der Waals surface area contributed by atoms with E-state index < -0.39 is 12.1 Å². The third-order valence-corrected chi connectivity index (χ3v) is 4.14. The van der Waals surface area contributed by atoms with Crippen LogP contribution in [0.2, 0.25) is 0 Å². The fraction of sp³-hybridized carbons (Fsp3) is 0.318. The van der Waals surface area contributed by atoms with E-state index in [4.69, 9.17) is 13.9 Å². The second-order valence-electron chi connectivity index (χ2n) is 6.92. The molecule has 6 heteroatoms. The maximum Gasteiger partial charge on any atom is 0.338 e. The number of nitrogens with zero attached hydrogens (tertiary/aromatic N) is 2. The van der Waals surface area contributed by atoms with Gasteiger partial charge in [0.25, 0.3) is 5.89 Å². The second kappa shape index (κ2) is 8.80. The zero-order valence-corrected chi connectivity index (χ0v) is 16.5. The fourth-order valence-electron chi connectivity index (χ4n) is 2.49.